The maximum Gasteiger partial charge on any atom is 0.167 e. The lowest BCUT2D eigenvalue weighted by molar-refractivity contribution is -0.378. The molecular formula is C16H28BrN. The molecule has 1 aromatic rings. The summed E-state index contributed by atoms with van der Waals surface area (Å²) in [5, 5.41) is 0. The summed E-state index contributed by atoms with van der Waals surface area (Å²) in [6.45, 7) is 2.28. The van der Waals surface area contributed by atoms with Crippen LogP contribution in [0.3, 0.4) is 0 Å². The predicted molar refractivity (Wildman–Crippen MR) is 73.9 cm³/mol. The normalized spacial score (nSPS) is 10.1. The largest absolute Gasteiger partial charge is 1.00 e. The molecule has 1 rings (SSSR count). The van der Waals surface area contributed by atoms with Crippen LogP contribution in [0, 0.1) is 0 Å². The van der Waals surface area contributed by atoms with Crippen molar-refractivity contribution in [2.75, 3.05) is 0 Å². The van der Waals surface area contributed by atoms with Crippen LogP contribution in [-0.2, 0) is 6.42 Å². The molecule has 0 spiro atoms. The van der Waals surface area contributed by atoms with E-state index in [2.05, 4.69) is 24.0 Å². The molecule has 2 heteroatoms. The Balaban J connectivity index is 0.00000289. The average molecular weight is 314 g/mol. The van der Waals surface area contributed by atoms with Crippen molar-refractivity contribution in [1.29, 1.82) is 0 Å². The fraction of sp³-hybridized carbons (Fsp3) is 0.688. The number of halogens is 1. The fourth-order valence-electron chi connectivity index (χ4n) is 2.23. The Morgan fingerprint density at radius 1 is 0.778 bits per heavy atom. The van der Waals surface area contributed by atoms with Crippen molar-refractivity contribution in [3.63, 3.8) is 0 Å². The fourth-order valence-corrected chi connectivity index (χ4v) is 2.23. The summed E-state index contributed by atoms with van der Waals surface area (Å²) in [5.74, 6) is 0. The standard InChI is InChI=1S/C16H27N.BrH/c1-2-3-4-5-6-7-8-9-10-11-16-12-14-17-15-13-16;/h12-15H,2-11H2,1H3;1H. The van der Waals surface area contributed by atoms with Crippen LogP contribution in [0.25, 0.3) is 0 Å². The molecule has 1 N–H and O–H groups in total. The van der Waals surface area contributed by atoms with Gasteiger partial charge >= 0.3 is 0 Å². The van der Waals surface area contributed by atoms with E-state index in [1.54, 1.807) is 0 Å². The Morgan fingerprint density at radius 2 is 1.28 bits per heavy atom. The Hall–Kier alpha value is -0.370. The highest BCUT2D eigenvalue weighted by atomic mass is 79.9. The molecule has 0 unspecified atom stereocenters. The summed E-state index contributed by atoms with van der Waals surface area (Å²) in [6.07, 6.45) is 18.0. The maximum absolute atomic E-state index is 3.07. The molecule has 0 aromatic carbocycles. The number of rotatable bonds is 10. The molecule has 0 aliphatic heterocycles. The van der Waals surface area contributed by atoms with E-state index in [1.807, 2.05) is 12.4 Å². The van der Waals surface area contributed by atoms with Crippen molar-refractivity contribution in [2.24, 2.45) is 0 Å². The molecule has 0 fully saturated rings. The highest BCUT2D eigenvalue weighted by Gasteiger charge is 1.95. The van der Waals surface area contributed by atoms with Crippen LogP contribution >= 0.6 is 0 Å². The van der Waals surface area contributed by atoms with Gasteiger partial charge in [0, 0.05) is 12.1 Å². The van der Waals surface area contributed by atoms with Crippen molar-refractivity contribution in [2.45, 2.75) is 71.1 Å². The van der Waals surface area contributed by atoms with E-state index in [-0.39, 0.29) is 17.0 Å². The molecule has 0 bridgehead atoms. The number of aromatic amines is 1. The first-order chi connectivity index (χ1) is 8.43. The highest BCUT2D eigenvalue weighted by Crippen LogP contribution is 2.11. The van der Waals surface area contributed by atoms with Crippen LogP contribution in [0.2, 0.25) is 0 Å². The topological polar surface area (TPSA) is 14.1 Å². The van der Waals surface area contributed by atoms with Crippen LogP contribution in [-0.4, -0.2) is 0 Å². The second kappa shape index (κ2) is 13.1. The smallest absolute Gasteiger partial charge is 0.167 e. The van der Waals surface area contributed by atoms with Crippen LogP contribution in [0.15, 0.2) is 24.5 Å². The molecule has 18 heavy (non-hydrogen) atoms. The summed E-state index contributed by atoms with van der Waals surface area (Å²) in [7, 11) is 0. The Kier molecular flexibility index (Phi) is 12.8. The van der Waals surface area contributed by atoms with Crippen molar-refractivity contribution in [1.82, 2.24) is 0 Å². The number of aryl methyl sites for hydroxylation is 1. The van der Waals surface area contributed by atoms with E-state index in [9.17, 15) is 0 Å². The summed E-state index contributed by atoms with van der Waals surface area (Å²) >= 11 is 0. The summed E-state index contributed by atoms with van der Waals surface area (Å²) in [4.78, 5) is 3.07. The number of pyridine rings is 1. The molecule has 0 aliphatic carbocycles. The van der Waals surface area contributed by atoms with Gasteiger partial charge in [0.1, 0.15) is 0 Å². The minimum atomic E-state index is 0. The van der Waals surface area contributed by atoms with E-state index in [0.29, 0.717) is 0 Å². The van der Waals surface area contributed by atoms with Crippen LogP contribution in [0.4, 0.5) is 0 Å². The maximum atomic E-state index is 3.07. The molecule has 0 saturated carbocycles. The Bertz CT molecular complexity index is 261. The van der Waals surface area contributed by atoms with E-state index in [0.717, 1.165) is 0 Å². The molecule has 0 atom stereocenters. The van der Waals surface area contributed by atoms with Gasteiger partial charge in [-0.05, 0) is 18.4 Å². The Labute approximate surface area is 123 Å². The Morgan fingerprint density at radius 3 is 1.83 bits per heavy atom. The number of aromatic nitrogens is 1. The van der Waals surface area contributed by atoms with Gasteiger partial charge in [0.05, 0.1) is 0 Å². The first kappa shape index (κ1) is 17.6. The number of nitrogens with one attached hydrogen (secondary N) is 1. The molecule has 1 aromatic heterocycles. The van der Waals surface area contributed by atoms with Crippen molar-refractivity contribution >= 4 is 0 Å². The SMILES string of the molecule is CCCCCCCCCCCc1cc[nH+]cc1.[Br-]. The molecule has 104 valence electrons. The zero-order valence-electron chi connectivity index (χ0n) is 11.8. The zero-order valence-corrected chi connectivity index (χ0v) is 13.3. The van der Waals surface area contributed by atoms with Crippen LogP contribution < -0.4 is 22.0 Å². The molecule has 1 heterocycles. The minimum Gasteiger partial charge on any atom is -1.00 e. The van der Waals surface area contributed by atoms with Crippen LogP contribution in [0.1, 0.15) is 70.3 Å². The van der Waals surface area contributed by atoms with E-state index >= 15 is 0 Å². The lowest BCUT2D eigenvalue weighted by Gasteiger charge is -2.01. The van der Waals surface area contributed by atoms with Crippen molar-refractivity contribution in [3.8, 4) is 0 Å². The highest BCUT2D eigenvalue weighted by molar-refractivity contribution is 5.06. The van der Waals surface area contributed by atoms with Crippen molar-refractivity contribution in [3.05, 3.63) is 30.1 Å². The molecular weight excluding hydrogens is 286 g/mol. The summed E-state index contributed by atoms with van der Waals surface area (Å²) in [6, 6.07) is 4.37. The first-order valence-corrected chi connectivity index (χ1v) is 7.38. The van der Waals surface area contributed by atoms with Gasteiger partial charge in [-0.25, -0.2) is 4.98 Å². The molecule has 0 radical (unpaired) electrons. The lowest BCUT2D eigenvalue weighted by Crippen LogP contribution is -3.00. The third-order valence-corrected chi connectivity index (χ3v) is 3.36. The van der Waals surface area contributed by atoms with Gasteiger partial charge in [-0.1, -0.05) is 58.3 Å². The summed E-state index contributed by atoms with van der Waals surface area (Å²) in [5.41, 5.74) is 1.46. The quantitative estimate of drug-likeness (QED) is 0.582. The van der Waals surface area contributed by atoms with E-state index in [4.69, 9.17) is 0 Å². The molecule has 0 aliphatic rings. The average Bonchev–Trinajstić information content (AvgIpc) is 2.38. The minimum absolute atomic E-state index is 0. The second-order valence-corrected chi connectivity index (χ2v) is 4.99. The van der Waals surface area contributed by atoms with Gasteiger partial charge in [0.15, 0.2) is 12.4 Å². The van der Waals surface area contributed by atoms with Gasteiger partial charge in [-0.3, -0.25) is 0 Å². The van der Waals surface area contributed by atoms with Crippen molar-refractivity contribution < 1.29 is 22.0 Å². The number of hydrogen-bond acceptors (Lipinski definition) is 0. The van der Waals surface area contributed by atoms with Gasteiger partial charge in [0.25, 0.3) is 0 Å². The monoisotopic (exact) mass is 313 g/mol. The number of H-pyrrole nitrogens is 1. The van der Waals surface area contributed by atoms with E-state index in [1.165, 1.54) is 69.8 Å². The van der Waals surface area contributed by atoms with Gasteiger partial charge in [-0.2, -0.15) is 0 Å². The van der Waals surface area contributed by atoms with Gasteiger partial charge < -0.3 is 17.0 Å². The third kappa shape index (κ3) is 9.64. The second-order valence-electron chi connectivity index (χ2n) is 4.99. The van der Waals surface area contributed by atoms with E-state index < -0.39 is 0 Å². The molecule has 1 nitrogen and oxygen atoms in total. The number of unbranched alkanes of at least 4 members (excludes halogenated alkanes) is 8. The third-order valence-electron chi connectivity index (χ3n) is 3.36. The molecule has 0 saturated heterocycles. The lowest BCUT2D eigenvalue weighted by atomic mass is 10.0. The first-order valence-electron chi connectivity index (χ1n) is 7.38. The predicted octanol–water partition coefficient (Wildman–Crippen LogP) is 1.58. The van der Waals surface area contributed by atoms with Crippen LogP contribution in [0.5, 0.6) is 0 Å². The summed E-state index contributed by atoms with van der Waals surface area (Å²) < 4.78 is 0. The zero-order chi connectivity index (χ0) is 12.2. The molecule has 0 amide bonds. The number of hydrogen-bond donors (Lipinski definition) is 0. The van der Waals surface area contributed by atoms with Gasteiger partial charge in [0.2, 0.25) is 0 Å². The van der Waals surface area contributed by atoms with Gasteiger partial charge in [-0.15, -0.1) is 0 Å².